The third-order valence-corrected chi connectivity index (χ3v) is 7.10. The number of ether oxygens (including phenoxy) is 1. The summed E-state index contributed by atoms with van der Waals surface area (Å²) in [6.45, 7) is 1.55. The quantitative estimate of drug-likeness (QED) is 0.766. The van der Waals surface area contributed by atoms with Crippen LogP contribution in [-0.4, -0.2) is 41.9 Å². The molecule has 3 aliphatic rings. The van der Waals surface area contributed by atoms with Gasteiger partial charge in [-0.15, -0.1) is 11.3 Å². The van der Waals surface area contributed by atoms with Crippen LogP contribution in [0.15, 0.2) is 35.9 Å². The van der Waals surface area contributed by atoms with E-state index in [4.69, 9.17) is 4.74 Å². The predicted octanol–water partition coefficient (Wildman–Crippen LogP) is 3.61. The van der Waals surface area contributed by atoms with Gasteiger partial charge in [0, 0.05) is 31.8 Å². The molecular formula is C23H23N3O3S. The van der Waals surface area contributed by atoms with Crippen LogP contribution in [0, 0.1) is 11.8 Å². The highest BCUT2D eigenvalue weighted by Gasteiger charge is 2.38. The van der Waals surface area contributed by atoms with E-state index in [9.17, 15) is 9.59 Å². The topological polar surface area (TPSA) is 71.5 Å². The summed E-state index contributed by atoms with van der Waals surface area (Å²) in [7, 11) is 1.71. The van der Waals surface area contributed by atoms with Gasteiger partial charge in [0.25, 0.3) is 0 Å². The van der Waals surface area contributed by atoms with Crippen LogP contribution < -0.4 is 10.1 Å². The Morgan fingerprint density at radius 3 is 3.10 bits per heavy atom. The van der Waals surface area contributed by atoms with Gasteiger partial charge in [-0.2, -0.15) is 0 Å². The van der Waals surface area contributed by atoms with Crippen LogP contribution in [0.5, 0.6) is 5.75 Å². The molecule has 6 nitrogen and oxygen atoms in total. The number of thiophene rings is 1. The molecule has 0 radical (unpaired) electrons. The smallest absolute Gasteiger partial charge is 0.246 e. The Labute approximate surface area is 179 Å². The number of likely N-dealkylation sites (tertiary alicyclic amines) is 1. The zero-order chi connectivity index (χ0) is 20.7. The number of fused-ring (bicyclic) bond motifs is 2. The lowest BCUT2D eigenvalue weighted by atomic mass is 10.00. The number of methoxy groups -OCH3 is 1. The molecule has 4 heterocycles. The van der Waals surface area contributed by atoms with Crippen molar-refractivity contribution in [3.05, 3.63) is 51.9 Å². The van der Waals surface area contributed by atoms with E-state index in [1.807, 2.05) is 23.1 Å². The van der Waals surface area contributed by atoms with Gasteiger partial charge >= 0.3 is 0 Å². The normalized spacial score (nSPS) is 22.6. The Bertz CT molecular complexity index is 1070. The molecule has 0 aromatic carbocycles. The monoisotopic (exact) mass is 421 g/mol. The average molecular weight is 422 g/mol. The van der Waals surface area contributed by atoms with Crippen LogP contribution in [0.25, 0.3) is 11.6 Å². The molecule has 0 saturated carbocycles. The number of aryl methyl sites for hydroxylation is 1. The standard InChI is InChI=1S/C23H23N3O3S/c1-29-19-6-7-30-22(19)16-9-17-12-26(13-18(17)10-16)21(28)5-2-14-8-15-3-4-20(27)25-23(15)24-11-14/h2,5-9,11,17-18H,3-4,10,12-13H2,1H3,(H,24,25,27). The summed E-state index contributed by atoms with van der Waals surface area (Å²) in [4.78, 5) is 31.6. The van der Waals surface area contributed by atoms with Crippen molar-refractivity contribution in [2.75, 3.05) is 25.5 Å². The maximum Gasteiger partial charge on any atom is 0.246 e. The van der Waals surface area contributed by atoms with Crippen molar-refractivity contribution in [3.8, 4) is 5.75 Å². The first-order chi connectivity index (χ1) is 14.6. The second-order valence-corrected chi connectivity index (χ2v) is 8.96. The Balaban J connectivity index is 1.23. The molecule has 1 fully saturated rings. The number of anilines is 1. The molecule has 0 bridgehead atoms. The van der Waals surface area contributed by atoms with Crippen molar-refractivity contribution in [3.63, 3.8) is 0 Å². The van der Waals surface area contributed by atoms with E-state index >= 15 is 0 Å². The first kappa shape index (κ1) is 19.1. The van der Waals surface area contributed by atoms with E-state index in [0.717, 1.165) is 36.4 Å². The van der Waals surface area contributed by atoms with Gasteiger partial charge in [0.05, 0.1) is 12.0 Å². The lowest BCUT2D eigenvalue weighted by molar-refractivity contribution is -0.125. The van der Waals surface area contributed by atoms with Crippen LogP contribution in [0.1, 0.15) is 28.8 Å². The number of aromatic nitrogens is 1. The molecule has 2 aromatic heterocycles. The number of amides is 2. The first-order valence-corrected chi connectivity index (χ1v) is 11.1. The Hall–Kier alpha value is -2.93. The lowest BCUT2D eigenvalue weighted by Gasteiger charge is -2.16. The SMILES string of the molecule is COc1ccsc1C1=CC2CN(C(=O)C=Cc3cnc4c(c3)CCC(=O)N4)CC2C1. The van der Waals surface area contributed by atoms with Crippen molar-refractivity contribution in [2.45, 2.75) is 19.3 Å². The van der Waals surface area contributed by atoms with Crippen molar-refractivity contribution < 1.29 is 14.3 Å². The van der Waals surface area contributed by atoms with Crippen molar-refractivity contribution >= 4 is 40.6 Å². The number of carbonyl (C=O) groups excluding carboxylic acids is 2. The molecule has 1 saturated heterocycles. The highest BCUT2D eigenvalue weighted by molar-refractivity contribution is 7.11. The van der Waals surface area contributed by atoms with Gasteiger partial charge in [0.15, 0.2) is 0 Å². The van der Waals surface area contributed by atoms with Crippen molar-refractivity contribution in [1.82, 2.24) is 9.88 Å². The van der Waals surface area contributed by atoms with Gasteiger partial charge in [-0.25, -0.2) is 4.98 Å². The molecule has 2 unspecified atom stereocenters. The van der Waals surface area contributed by atoms with Crippen molar-refractivity contribution in [1.29, 1.82) is 0 Å². The minimum atomic E-state index is 0.00258. The van der Waals surface area contributed by atoms with E-state index in [0.29, 0.717) is 30.5 Å². The van der Waals surface area contributed by atoms with Gasteiger partial charge in [-0.1, -0.05) is 6.08 Å². The third kappa shape index (κ3) is 3.54. The van der Waals surface area contributed by atoms with E-state index in [1.54, 1.807) is 30.7 Å². The molecule has 5 rings (SSSR count). The second kappa shape index (κ2) is 7.72. The van der Waals surface area contributed by atoms with Crippen LogP contribution in [0.4, 0.5) is 5.82 Å². The molecule has 2 aromatic rings. The van der Waals surface area contributed by atoms with Crippen molar-refractivity contribution in [2.24, 2.45) is 11.8 Å². The molecule has 154 valence electrons. The summed E-state index contributed by atoms with van der Waals surface area (Å²) in [5.41, 5.74) is 3.25. The van der Waals surface area contributed by atoms with Crippen LogP contribution in [-0.2, 0) is 16.0 Å². The molecule has 2 aliphatic heterocycles. The molecular weight excluding hydrogens is 398 g/mol. The first-order valence-electron chi connectivity index (χ1n) is 10.2. The summed E-state index contributed by atoms with van der Waals surface area (Å²) in [6, 6.07) is 4.01. The maximum absolute atomic E-state index is 12.7. The zero-order valence-electron chi connectivity index (χ0n) is 16.8. The number of hydrogen-bond acceptors (Lipinski definition) is 5. The lowest BCUT2D eigenvalue weighted by Crippen LogP contribution is -2.27. The highest BCUT2D eigenvalue weighted by atomic mass is 32.1. The summed E-state index contributed by atoms with van der Waals surface area (Å²) in [6.07, 6.45) is 9.63. The second-order valence-electron chi connectivity index (χ2n) is 8.04. The fourth-order valence-electron chi connectivity index (χ4n) is 4.59. The number of rotatable bonds is 4. The number of hydrogen-bond donors (Lipinski definition) is 1. The zero-order valence-corrected chi connectivity index (χ0v) is 17.6. The molecule has 1 aliphatic carbocycles. The van der Waals surface area contributed by atoms with Gasteiger partial charge in [0.1, 0.15) is 11.6 Å². The van der Waals surface area contributed by atoms with Gasteiger partial charge in [0.2, 0.25) is 11.8 Å². The summed E-state index contributed by atoms with van der Waals surface area (Å²) in [5.74, 6) is 2.52. The van der Waals surface area contributed by atoms with Crippen LogP contribution in [0.2, 0.25) is 0 Å². The minimum Gasteiger partial charge on any atom is -0.495 e. The Kier molecular flexibility index (Phi) is 4.90. The molecule has 2 atom stereocenters. The Morgan fingerprint density at radius 1 is 1.37 bits per heavy atom. The number of allylic oxidation sites excluding steroid dienone is 1. The molecule has 7 heteroatoms. The molecule has 30 heavy (non-hydrogen) atoms. The summed E-state index contributed by atoms with van der Waals surface area (Å²) in [5, 5.41) is 4.84. The van der Waals surface area contributed by atoms with E-state index < -0.39 is 0 Å². The van der Waals surface area contributed by atoms with Gasteiger partial charge < -0.3 is 15.0 Å². The van der Waals surface area contributed by atoms with E-state index in [2.05, 4.69) is 21.8 Å². The largest absolute Gasteiger partial charge is 0.495 e. The van der Waals surface area contributed by atoms with Crippen LogP contribution >= 0.6 is 11.3 Å². The third-order valence-electron chi connectivity index (χ3n) is 6.13. The number of pyridine rings is 1. The summed E-state index contributed by atoms with van der Waals surface area (Å²) < 4.78 is 5.46. The average Bonchev–Trinajstić information content (AvgIpc) is 3.45. The Morgan fingerprint density at radius 2 is 2.27 bits per heavy atom. The number of nitrogens with one attached hydrogen (secondary N) is 1. The molecule has 0 spiro atoms. The minimum absolute atomic E-state index is 0.00258. The fraction of sp³-hybridized carbons (Fsp3) is 0.348. The van der Waals surface area contributed by atoms with Gasteiger partial charge in [-0.05, 0) is 65.0 Å². The number of carbonyl (C=O) groups is 2. The highest BCUT2D eigenvalue weighted by Crippen LogP contribution is 2.45. The van der Waals surface area contributed by atoms with E-state index in [-0.39, 0.29) is 11.8 Å². The maximum atomic E-state index is 12.7. The van der Waals surface area contributed by atoms with Crippen LogP contribution in [0.3, 0.4) is 0 Å². The van der Waals surface area contributed by atoms with E-state index in [1.165, 1.54) is 10.5 Å². The summed E-state index contributed by atoms with van der Waals surface area (Å²) >= 11 is 1.72. The van der Waals surface area contributed by atoms with Gasteiger partial charge in [-0.3, -0.25) is 9.59 Å². The molecule has 1 N–H and O–H groups in total. The fourth-order valence-corrected chi connectivity index (χ4v) is 5.49. The number of nitrogens with zero attached hydrogens (tertiary/aromatic N) is 2. The molecule has 2 amide bonds. The predicted molar refractivity (Wildman–Crippen MR) is 117 cm³/mol.